The molecule has 0 spiro atoms. The molecule has 0 radical (unpaired) electrons. The summed E-state index contributed by atoms with van der Waals surface area (Å²) >= 11 is 1.71. The van der Waals surface area contributed by atoms with Gasteiger partial charge in [0.25, 0.3) is 0 Å². The summed E-state index contributed by atoms with van der Waals surface area (Å²) in [7, 11) is -1.41. The van der Waals surface area contributed by atoms with Crippen LogP contribution in [0.1, 0.15) is 34.9 Å². The van der Waals surface area contributed by atoms with Crippen LogP contribution >= 0.6 is 11.3 Å². The Morgan fingerprint density at radius 2 is 2.24 bits per heavy atom. The molecule has 2 aromatic rings. The molecule has 136 valence electrons. The van der Waals surface area contributed by atoms with Crippen molar-refractivity contribution < 1.29 is 8.42 Å². The van der Waals surface area contributed by atoms with E-state index in [2.05, 4.69) is 33.7 Å². The van der Waals surface area contributed by atoms with Gasteiger partial charge in [-0.2, -0.15) is 0 Å². The van der Waals surface area contributed by atoms with Crippen LogP contribution in [0.2, 0.25) is 0 Å². The number of anilines is 1. The Balaban J connectivity index is 1.94. The number of aryl methyl sites for hydroxylation is 1. The molecule has 1 atom stereocenters. The number of hydrogen-bond acceptors (Lipinski definition) is 7. The Morgan fingerprint density at radius 3 is 2.84 bits per heavy atom. The Hall–Kier alpha value is -1.51. The highest BCUT2D eigenvalue weighted by Gasteiger charge is 2.26. The maximum atomic E-state index is 12.2. The third-order valence-electron chi connectivity index (χ3n) is 4.54. The summed E-state index contributed by atoms with van der Waals surface area (Å²) in [6.45, 7) is 4.53. The number of nitrogens with one attached hydrogen (secondary N) is 1. The third kappa shape index (κ3) is 4.19. The van der Waals surface area contributed by atoms with Crippen LogP contribution in [0, 0.1) is 6.92 Å². The number of thiophene rings is 1. The van der Waals surface area contributed by atoms with Crippen LogP contribution in [-0.2, 0) is 16.4 Å². The Labute approximate surface area is 153 Å². The fourth-order valence-corrected chi connectivity index (χ4v) is 4.87. The topological polar surface area (TPSA) is 75.2 Å². The highest BCUT2D eigenvalue weighted by Crippen LogP contribution is 2.29. The summed E-state index contributed by atoms with van der Waals surface area (Å²) in [6.07, 6.45) is 4.67. The molecule has 3 rings (SSSR count). The second-order valence-corrected chi connectivity index (χ2v) is 9.60. The molecule has 8 heteroatoms. The van der Waals surface area contributed by atoms with Crippen molar-refractivity contribution in [3.05, 3.63) is 33.8 Å². The molecule has 0 unspecified atom stereocenters. The van der Waals surface area contributed by atoms with Crippen LogP contribution in [0.5, 0.6) is 0 Å². The molecule has 1 saturated heterocycles. The monoisotopic (exact) mass is 380 g/mol. The molecule has 1 aliphatic heterocycles. The van der Waals surface area contributed by atoms with Crippen molar-refractivity contribution in [2.45, 2.75) is 37.1 Å². The summed E-state index contributed by atoms with van der Waals surface area (Å²) < 4.78 is 24.3. The van der Waals surface area contributed by atoms with Gasteiger partial charge in [-0.15, -0.1) is 11.3 Å². The molecule has 1 N–H and O–H groups in total. The van der Waals surface area contributed by atoms with Gasteiger partial charge in [0, 0.05) is 30.6 Å². The van der Waals surface area contributed by atoms with Crippen LogP contribution < -0.4 is 10.2 Å². The average Bonchev–Trinajstić information content (AvgIpc) is 2.99. The molecule has 0 amide bonds. The van der Waals surface area contributed by atoms with Gasteiger partial charge in [-0.05, 0) is 43.3 Å². The number of aromatic nitrogens is 2. The van der Waals surface area contributed by atoms with Gasteiger partial charge in [-0.1, -0.05) is 0 Å². The van der Waals surface area contributed by atoms with Gasteiger partial charge in [-0.3, -0.25) is 0 Å². The molecule has 1 aliphatic rings. The molecule has 0 bridgehead atoms. The van der Waals surface area contributed by atoms with E-state index in [0.29, 0.717) is 18.2 Å². The molecule has 0 aromatic carbocycles. The number of hydrogen-bond donors (Lipinski definition) is 1. The normalized spacial score (nSPS) is 18.3. The third-order valence-corrected chi connectivity index (χ3v) is 6.66. The molecule has 0 saturated carbocycles. The molecular weight excluding hydrogens is 356 g/mol. The van der Waals surface area contributed by atoms with Crippen LogP contribution in [0.3, 0.4) is 0 Å². The van der Waals surface area contributed by atoms with Gasteiger partial charge in [0.05, 0.1) is 18.4 Å². The zero-order valence-corrected chi connectivity index (χ0v) is 16.5. The minimum Gasteiger partial charge on any atom is -0.339 e. The lowest BCUT2D eigenvalue weighted by Gasteiger charge is -2.25. The maximum absolute atomic E-state index is 12.2. The van der Waals surface area contributed by atoms with Crippen molar-refractivity contribution in [1.82, 2.24) is 15.3 Å². The van der Waals surface area contributed by atoms with Crippen LogP contribution in [-0.4, -0.2) is 44.8 Å². The van der Waals surface area contributed by atoms with E-state index in [9.17, 15) is 8.42 Å². The fraction of sp³-hybridized carbons (Fsp3) is 0.529. The smallest absolute Gasteiger partial charge is 0.225 e. The van der Waals surface area contributed by atoms with Crippen LogP contribution in [0.25, 0.3) is 0 Å². The average molecular weight is 381 g/mol. The summed E-state index contributed by atoms with van der Waals surface area (Å²) in [6, 6.07) is 2.10. The van der Waals surface area contributed by atoms with Crippen molar-refractivity contribution in [3.8, 4) is 0 Å². The number of rotatable bonds is 5. The molecule has 1 fully saturated rings. The molecule has 6 nitrogen and oxygen atoms in total. The van der Waals surface area contributed by atoms with Gasteiger partial charge in [-0.25, -0.2) is 18.4 Å². The fourth-order valence-electron chi connectivity index (χ4n) is 3.07. The zero-order valence-electron chi connectivity index (χ0n) is 14.8. The van der Waals surface area contributed by atoms with Crippen molar-refractivity contribution in [1.29, 1.82) is 0 Å². The van der Waals surface area contributed by atoms with Gasteiger partial charge in [0.15, 0.2) is 9.84 Å². The minimum absolute atomic E-state index is 0.108. The number of piperidine rings is 1. The van der Waals surface area contributed by atoms with E-state index in [4.69, 9.17) is 0 Å². The summed E-state index contributed by atoms with van der Waals surface area (Å²) in [5.41, 5.74) is 1.90. The molecule has 25 heavy (non-hydrogen) atoms. The first-order valence-corrected chi connectivity index (χ1v) is 11.1. The lowest BCUT2D eigenvalue weighted by Crippen LogP contribution is -2.30. The van der Waals surface area contributed by atoms with E-state index in [1.165, 1.54) is 22.9 Å². The Bertz CT molecular complexity index is 842. The summed E-state index contributed by atoms with van der Waals surface area (Å²) in [5, 5.41) is 5.41. The van der Waals surface area contributed by atoms with Gasteiger partial charge in [0.1, 0.15) is 4.90 Å². The first-order valence-electron chi connectivity index (χ1n) is 8.38. The first-order chi connectivity index (χ1) is 11.9. The molecular formula is C17H24N4O2S2. The van der Waals surface area contributed by atoms with Gasteiger partial charge in [0.2, 0.25) is 5.95 Å². The van der Waals surface area contributed by atoms with E-state index in [1.807, 2.05) is 11.9 Å². The first kappa shape index (κ1) is 18.3. The predicted molar refractivity (Wildman–Crippen MR) is 101 cm³/mol. The van der Waals surface area contributed by atoms with E-state index in [-0.39, 0.29) is 10.8 Å². The van der Waals surface area contributed by atoms with Crippen LogP contribution in [0.15, 0.2) is 22.5 Å². The quantitative estimate of drug-likeness (QED) is 0.858. The largest absolute Gasteiger partial charge is 0.339 e. The molecule has 2 aromatic heterocycles. The highest BCUT2D eigenvalue weighted by molar-refractivity contribution is 7.90. The Kier molecular flexibility index (Phi) is 5.41. The molecule has 3 heterocycles. The van der Waals surface area contributed by atoms with E-state index >= 15 is 0 Å². The van der Waals surface area contributed by atoms with Crippen molar-refractivity contribution in [2.24, 2.45) is 0 Å². The summed E-state index contributed by atoms with van der Waals surface area (Å²) in [5.74, 6) is 0.679. The maximum Gasteiger partial charge on any atom is 0.225 e. The highest BCUT2D eigenvalue weighted by atomic mass is 32.2. The zero-order chi connectivity index (χ0) is 18.0. The summed E-state index contributed by atoms with van der Waals surface area (Å²) in [4.78, 5) is 12.5. The standard InChI is InChI=1S/C17H24N4O2S2/c1-12-6-8-24-14(12)11-21(2)17-19-10-15(25(3,22)23)16(20-17)13-5-4-7-18-9-13/h6,8,10,13,18H,4-5,7,9,11H2,1-3H3/t13-/m1/s1. The second-order valence-electron chi connectivity index (χ2n) is 6.62. The number of nitrogens with zero attached hydrogens (tertiary/aromatic N) is 3. The van der Waals surface area contributed by atoms with E-state index < -0.39 is 9.84 Å². The van der Waals surface area contributed by atoms with Gasteiger partial charge < -0.3 is 10.2 Å². The predicted octanol–water partition coefficient (Wildman–Crippen LogP) is 2.35. The van der Waals surface area contributed by atoms with E-state index in [0.717, 1.165) is 25.9 Å². The van der Waals surface area contributed by atoms with Crippen molar-refractivity contribution >= 4 is 27.1 Å². The van der Waals surface area contributed by atoms with Crippen molar-refractivity contribution in [3.63, 3.8) is 0 Å². The number of sulfone groups is 1. The SMILES string of the molecule is Cc1ccsc1CN(C)c1ncc(S(C)(=O)=O)c([C@@H]2CCCNC2)n1. The Morgan fingerprint density at radius 1 is 1.44 bits per heavy atom. The lowest BCUT2D eigenvalue weighted by atomic mass is 9.96. The molecule has 0 aliphatic carbocycles. The van der Waals surface area contributed by atoms with Crippen molar-refractivity contribution in [2.75, 3.05) is 31.3 Å². The lowest BCUT2D eigenvalue weighted by molar-refractivity contribution is 0.447. The van der Waals surface area contributed by atoms with Gasteiger partial charge >= 0.3 is 0 Å². The minimum atomic E-state index is -3.35. The van der Waals surface area contributed by atoms with Crippen LogP contribution in [0.4, 0.5) is 5.95 Å². The van der Waals surface area contributed by atoms with E-state index in [1.54, 1.807) is 11.3 Å². The second kappa shape index (κ2) is 7.39.